The monoisotopic (exact) mass is 431 g/mol. The molecule has 0 aliphatic carbocycles. The van der Waals surface area contributed by atoms with Gasteiger partial charge in [-0.15, -0.1) is 12.4 Å². The third-order valence-corrected chi connectivity index (χ3v) is 6.62. The van der Waals surface area contributed by atoms with Crippen molar-refractivity contribution in [2.75, 3.05) is 19.6 Å². The predicted molar refractivity (Wildman–Crippen MR) is 118 cm³/mol. The van der Waals surface area contributed by atoms with Crippen LogP contribution in [0.4, 0.5) is 4.39 Å². The average Bonchev–Trinajstić information content (AvgIpc) is 3.33. The van der Waals surface area contributed by atoms with Crippen molar-refractivity contribution in [3.05, 3.63) is 59.7 Å². The highest BCUT2D eigenvalue weighted by Crippen LogP contribution is 2.34. The summed E-state index contributed by atoms with van der Waals surface area (Å²) in [6.45, 7) is 3.28. The van der Waals surface area contributed by atoms with Gasteiger partial charge < -0.3 is 9.42 Å². The molecule has 0 saturated carbocycles. The molecular weight excluding hydrogens is 409 g/mol. The summed E-state index contributed by atoms with van der Waals surface area (Å²) in [7, 11) is 0. The molecule has 0 radical (unpaired) electrons. The van der Waals surface area contributed by atoms with Crippen LogP contribution in [0.1, 0.15) is 36.6 Å². The zero-order valence-electron chi connectivity index (χ0n) is 16.0. The maximum Gasteiger partial charge on any atom is 0.170 e. The van der Waals surface area contributed by atoms with Gasteiger partial charge in [0.1, 0.15) is 5.82 Å². The largest absolute Gasteiger partial charge is 0.356 e. The topological polar surface area (TPSA) is 42.2 Å². The summed E-state index contributed by atoms with van der Waals surface area (Å²) in [5.74, 6) is 0.285. The van der Waals surface area contributed by atoms with Crippen LogP contribution in [0.5, 0.6) is 0 Å². The molecule has 1 fully saturated rings. The Hall–Kier alpha value is -2.02. The van der Waals surface area contributed by atoms with Gasteiger partial charge in [0, 0.05) is 22.8 Å². The van der Waals surface area contributed by atoms with Crippen molar-refractivity contribution in [2.24, 2.45) is 0 Å². The van der Waals surface area contributed by atoms with E-state index in [1.807, 2.05) is 0 Å². The first-order chi connectivity index (χ1) is 13.8. The first-order valence-electron chi connectivity index (χ1n) is 9.88. The van der Waals surface area contributed by atoms with Crippen LogP contribution in [0.25, 0.3) is 21.1 Å². The smallest absolute Gasteiger partial charge is 0.170 e. The SMILES string of the molecule is Cl.Fc1ccc2c(CCCN3CCC(c4nsc5ccccc45)CC3)noc2c1. The Balaban J connectivity index is 0.00000205. The standard InChI is InChI=1S/C22H22FN3OS.ClH/c23-16-7-8-17-19(24-27-20(17)14-16)5-3-11-26-12-9-15(10-13-26)22-18-4-1-2-6-21(18)28-25-22;/h1-2,4,6-8,14-15H,3,5,9-13H2;1H. The number of hydrogen-bond donors (Lipinski definition) is 0. The van der Waals surface area contributed by atoms with Gasteiger partial charge in [0.15, 0.2) is 5.58 Å². The number of fused-ring (bicyclic) bond motifs is 2. The lowest BCUT2D eigenvalue weighted by atomic mass is 9.91. The van der Waals surface area contributed by atoms with Crippen LogP contribution in [0.15, 0.2) is 47.0 Å². The number of benzene rings is 2. The molecule has 0 amide bonds. The molecule has 0 N–H and O–H groups in total. The van der Waals surface area contributed by atoms with Crippen molar-refractivity contribution in [1.82, 2.24) is 14.4 Å². The van der Waals surface area contributed by atoms with E-state index in [-0.39, 0.29) is 18.2 Å². The summed E-state index contributed by atoms with van der Waals surface area (Å²) in [6.07, 6.45) is 4.22. The second-order valence-electron chi connectivity index (χ2n) is 7.55. The number of aryl methyl sites for hydroxylation is 1. The molecule has 1 aliphatic rings. The normalized spacial score (nSPS) is 15.8. The van der Waals surface area contributed by atoms with E-state index >= 15 is 0 Å². The molecule has 4 aromatic rings. The summed E-state index contributed by atoms with van der Waals surface area (Å²) in [6, 6.07) is 13.2. The van der Waals surface area contributed by atoms with Gasteiger partial charge >= 0.3 is 0 Å². The van der Waals surface area contributed by atoms with Crippen LogP contribution in [0.3, 0.4) is 0 Å². The van der Waals surface area contributed by atoms with E-state index in [0.717, 1.165) is 43.6 Å². The summed E-state index contributed by atoms with van der Waals surface area (Å²) >= 11 is 1.62. The minimum atomic E-state index is -0.286. The van der Waals surface area contributed by atoms with Crippen LogP contribution in [0, 0.1) is 5.82 Å². The second-order valence-corrected chi connectivity index (χ2v) is 8.36. The molecule has 152 valence electrons. The summed E-state index contributed by atoms with van der Waals surface area (Å²) in [5.41, 5.74) is 2.76. The van der Waals surface area contributed by atoms with Gasteiger partial charge in [-0.25, -0.2) is 4.39 Å². The number of hydrogen-bond acceptors (Lipinski definition) is 5. The van der Waals surface area contributed by atoms with Gasteiger partial charge in [0.2, 0.25) is 0 Å². The Kier molecular flexibility index (Phi) is 6.13. The number of rotatable bonds is 5. The van der Waals surface area contributed by atoms with Gasteiger partial charge in [-0.05, 0) is 75.0 Å². The van der Waals surface area contributed by atoms with Crippen molar-refractivity contribution in [2.45, 2.75) is 31.6 Å². The minimum absolute atomic E-state index is 0. The van der Waals surface area contributed by atoms with Crippen LogP contribution in [-0.4, -0.2) is 34.1 Å². The lowest BCUT2D eigenvalue weighted by Crippen LogP contribution is -2.34. The third kappa shape index (κ3) is 4.15. The van der Waals surface area contributed by atoms with Crippen molar-refractivity contribution >= 4 is 45.0 Å². The molecule has 1 aliphatic heterocycles. The average molecular weight is 432 g/mol. The Labute approximate surface area is 179 Å². The van der Waals surface area contributed by atoms with Crippen LogP contribution in [0.2, 0.25) is 0 Å². The molecule has 0 unspecified atom stereocenters. The molecule has 3 heterocycles. The number of halogens is 2. The molecule has 0 atom stereocenters. The van der Waals surface area contributed by atoms with Crippen molar-refractivity contribution in [1.29, 1.82) is 0 Å². The van der Waals surface area contributed by atoms with E-state index in [9.17, 15) is 4.39 Å². The zero-order valence-corrected chi connectivity index (χ0v) is 17.6. The molecule has 0 spiro atoms. The molecule has 29 heavy (non-hydrogen) atoms. The fourth-order valence-corrected chi connectivity index (χ4v) is 5.10. The summed E-state index contributed by atoms with van der Waals surface area (Å²) in [5, 5.41) is 6.39. The Morgan fingerprint density at radius 3 is 2.79 bits per heavy atom. The van der Waals surface area contributed by atoms with E-state index in [4.69, 9.17) is 8.90 Å². The predicted octanol–water partition coefficient (Wildman–Crippen LogP) is 5.81. The lowest BCUT2D eigenvalue weighted by molar-refractivity contribution is 0.209. The van der Waals surface area contributed by atoms with Gasteiger partial charge in [-0.3, -0.25) is 0 Å². The van der Waals surface area contributed by atoms with Crippen LogP contribution >= 0.6 is 23.9 Å². The van der Waals surface area contributed by atoms with Crippen molar-refractivity contribution in [3.63, 3.8) is 0 Å². The summed E-state index contributed by atoms with van der Waals surface area (Å²) in [4.78, 5) is 2.53. The number of aromatic nitrogens is 2. The molecule has 1 saturated heterocycles. The number of nitrogens with zero attached hydrogens (tertiary/aromatic N) is 3. The highest BCUT2D eigenvalue weighted by molar-refractivity contribution is 7.13. The van der Waals surface area contributed by atoms with E-state index in [1.165, 1.54) is 40.8 Å². The van der Waals surface area contributed by atoms with E-state index in [1.54, 1.807) is 17.6 Å². The molecule has 5 rings (SSSR count). The van der Waals surface area contributed by atoms with E-state index < -0.39 is 0 Å². The molecular formula is C22H23ClFN3OS. The fourth-order valence-electron chi connectivity index (χ4n) is 4.24. The summed E-state index contributed by atoms with van der Waals surface area (Å²) < 4.78 is 24.6. The minimum Gasteiger partial charge on any atom is -0.356 e. The first-order valence-corrected chi connectivity index (χ1v) is 10.7. The molecule has 2 aromatic carbocycles. The maximum absolute atomic E-state index is 13.3. The highest BCUT2D eigenvalue weighted by atomic mass is 35.5. The van der Waals surface area contributed by atoms with Crippen LogP contribution < -0.4 is 0 Å². The van der Waals surface area contributed by atoms with Gasteiger partial charge in [-0.2, -0.15) is 4.37 Å². The van der Waals surface area contributed by atoms with Crippen molar-refractivity contribution in [3.8, 4) is 0 Å². The van der Waals surface area contributed by atoms with Crippen molar-refractivity contribution < 1.29 is 8.91 Å². The Morgan fingerprint density at radius 1 is 1.10 bits per heavy atom. The van der Waals surface area contributed by atoms with Gasteiger partial charge in [-0.1, -0.05) is 23.4 Å². The number of piperidine rings is 1. The first kappa shape index (κ1) is 20.3. The molecule has 7 heteroatoms. The highest BCUT2D eigenvalue weighted by Gasteiger charge is 2.24. The van der Waals surface area contributed by atoms with E-state index in [0.29, 0.717) is 11.5 Å². The maximum atomic E-state index is 13.3. The van der Waals surface area contributed by atoms with Gasteiger partial charge in [0.25, 0.3) is 0 Å². The van der Waals surface area contributed by atoms with Crippen LogP contribution in [-0.2, 0) is 6.42 Å². The zero-order chi connectivity index (χ0) is 18.9. The fraction of sp³-hybridized carbons (Fsp3) is 0.364. The van der Waals surface area contributed by atoms with Gasteiger partial charge in [0.05, 0.1) is 16.1 Å². The molecule has 0 bridgehead atoms. The molecule has 4 nitrogen and oxygen atoms in total. The van der Waals surface area contributed by atoms with E-state index in [2.05, 4.69) is 34.3 Å². The Bertz CT molecular complexity index is 1100. The molecule has 2 aromatic heterocycles. The third-order valence-electron chi connectivity index (χ3n) is 5.78. The second kappa shape index (κ2) is 8.78. The lowest BCUT2D eigenvalue weighted by Gasteiger charge is -2.31. The number of likely N-dealkylation sites (tertiary alicyclic amines) is 1. The Morgan fingerprint density at radius 2 is 1.93 bits per heavy atom. The quantitative estimate of drug-likeness (QED) is 0.400.